The van der Waals surface area contributed by atoms with E-state index in [0.29, 0.717) is 22.7 Å². The average Bonchev–Trinajstić information content (AvgIpc) is 2.77. The molecule has 2 rings (SSSR count). The van der Waals surface area contributed by atoms with Gasteiger partial charge in [-0.3, -0.25) is 4.79 Å². The minimum Gasteiger partial charge on any atom is -0.376 e. The number of nitrogens with zero attached hydrogens (tertiary/aromatic N) is 2. The van der Waals surface area contributed by atoms with Crippen LogP contribution in [0.5, 0.6) is 0 Å². The molecule has 0 radical (unpaired) electrons. The second-order valence-corrected chi connectivity index (χ2v) is 5.65. The van der Waals surface area contributed by atoms with E-state index in [2.05, 4.69) is 10.5 Å². The van der Waals surface area contributed by atoms with Crippen molar-refractivity contribution in [2.24, 2.45) is 0 Å². The molecule has 5 nitrogen and oxygen atoms in total. The van der Waals surface area contributed by atoms with Crippen LogP contribution in [0, 0.1) is 13.8 Å². The van der Waals surface area contributed by atoms with Crippen LogP contribution in [0.15, 0.2) is 22.7 Å². The standard InChI is InChI=1S/C16H18F3N3O2/c1-9-12(10(2)24-21-9)8-15(23)20-13-7-11(16(17,18)19)5-6-14(13)22(3)4/h5-7H,8H2,1-4H3,(H,20,23). The van der Waals surface area contributed by atoms with Crippen LogP contribution < -0.4 is 10.2 Å². The largest absolute Gasteiger partial charge is 0.416 e. The van der Waals surface area contributed by atoms with Gasteiger partial charge in [-0.25, -0.2) is 0 Å². The molecule has 0 saturated heterocycles. The van der Waals surface area contributed by atoms with E-state index in [1.165, 1.54) is 6.07 Å². The molecule has 0 spiro atoms. The first-order valence-electron chi connectivity index (χ1n) is 7.19. The number of halogens is 3. The van der Waals surface area contributed by atoms with Gasteiger partial charge in [0.25, 0.3) is 0 Å². The molecule has 0 unspecified atom stereocenters. The number of aryl methyl sites for hydroxylation is 2. The number of hydrogen-bond acceptors (Lipinski definition) is 4. The third-order valence-electron chi connectivity index (χ3n) is 3.60. The number of amides is 1. The Morgan fingerprint density at radius 2 is 1.96 bits per heavy atom. The van der Waals surface area contributed by atoms with Gasteiger partial charge in [0.15, 0.2) is 0 Å². The van der Waals surface area contributed by atoms with Crippen LogP contribution in [0.1, 0.15) is 22.6 Å². The monoisotopic (exact) mass is 341 g/mol. The molecule has 130 valence electrons. The van der Waals surface area contributed by atoms with Crippen molar-refractivity contribution in [3.63, 3.8) is 0 Å². The Balaban J connectivity index is 2.28. The summed E-state index contributed by atoms with van der Waals surface area (Å²) in [5, 5.41) is 6.30. The van der Waals surface area contributed by atoms with Crippen LogP contribution in [0.4, 0.5) is 24.5 Å². The van der Waals surface area contributed by atoms with E-state index in [0.717, 1.165) is 12.1 Å². The summed E-state index contributed by atoms with van der Waals surface area (Å²) in [4.78, 5) is 13.9. The molecule has 0 saturated carbocycles. The second-order valence-electron chi connectivity index (χ2n) is 5.65. The zero-order valence-corrected chi connectivity index (χ0v) is 13.8. The number of hydrogen-bond donors (Lipinski definition) is 1. The van der Waals surface area contributed by atoms with Gasteiger partial charge >= 0.3 is 6.18 Å². The smallest absolute Gasteiger partial charge is 0.376 e. The number of carbonyl (C=O) groups is 1. The predicted molar refractivity (Wildman–Crippen MR) is 84.1 cm³/mol. The molecule has 24 heavy (non-hydrogen) atoms. The summed E-state index contributed by atoms with van der Waals surface area (Å²) in [5.41, 5.74) is 0.979. The Bertz CT molecular complexity index is 732. The molecule has 1 aromatic heterocycles. The predicted octanol–water partition coefficient (Wildman–Crippen LogP) is 3.56. The van der Waals surface area contributed by atoms with Gasteiger partial charge in [0.05, 0.1) is 29.1 Å². The van der Waals surface area contributed by atoms with Crippen LogP contribution in [-0.2, 0) is 17.4 Å². The molecule has 8 heteroatoms. The molecule has 0 aliphatic rings. The maximum atomic E-state index is 12.9. The summed E-state index contributed by atoms with van der Waals surface area (Å²) >= 11 is 0. The summed E-state index contributed by atoms with van der Waals surface area (Å²) in [7, 11) is 3.37. The Hall–Kier alpha value is -2.51. The van der Waals surface area contributed by atoms with Gasteiger partial charge in [0.1, 0.15) is 5.76 Å². The molecular formula is C16H18F3N3O2. The highest BCUT2D eigenvalue weighted by Gasteiger charge is 2.31. The van der Waals surface area contributed by atoms with Crippen molar-refractivity contribution in [3.8, 4) is 0 Å². The summed E-state index contributed by atoms with van der Waals surface area (Å²) in [6.07, 6.45) is -4.50. The molecule has 0 aliphatic heterocycles. The lowest BCUT2D eigenvalue weighted by Gasteiger charge is -2.19. The van der Waals surface area contributed by atoms with Crippen molar-refractivity contribution >= 4 is 17.3 Å². The van der Waals surface area contributed by atoms with Gasteiger partial charge in [-0.15, -0.1) is 0 Å². The highest BCUT2D eigenvalue weighted by atomic mass is 19.4. The zero-order chi connectivity index (χ0) is 18.1. The number of rotatable bonds is 4. The van der Waals surface area contributed by atoms with E-state index in [1.807, 2.05) is 0 Å². The molecule has 0 atom stereocenters. The van der Waals surface area contributed by atoms with E-state index in [4.69, 9.17) is 4.52 Å². The lowest BCUT2D eigenvalue weighted by molar-refractivity contribution is -0.137. The van der Waals surface area contributed by atoms with Crippen LogP contribution in [0.25, 0.3) is 0 Å². The van der Waals surface area contributed by atoms with Gasteiger partial charge in [-0.05, 0) is 32.0 Å². The zero-order valence-electron chi connectivity index (χ0n) is 13.8. The molecule has 0 fully saturated rings. The summed E-state index contributed by atoms with van der Waals surface area (Å²) < 4.78 is 43.7. The number of alkyl halides is 3. The van der Waals surface area contributed by atoms with Crippen molar-refractivity contribution in [3.05, 3.63) is 40.8 Å². The molecule has 2 aromatic rings. The van der Waals surface area contributed by atoms with Crippen molar-refractivity contribution < 1.29 is 22.5 Å². The summed E-state index contributed by atoms with van der Waals surface area (Å²) in [6, 6.07) is 3.24. The number of anilines is 2. The fourth-order valence-electron chi connectivity index (χ4n) is 2.31. The Morgan fingerprint density at radius 3 is 2.46 bits per heavy atom. The van der Waals surface area contributed by atoms with E-state index >= 15 is 0 Å². The van der Waals surface area contributed by atoms with Gasteiger partial charge in [0, 0.05) is 19.7 Å². The molecular weight excluding hydrogens is 323 g/mol. The molecule has 1 heterocycles. The van der Waals surface area contributed by atoms with Gasteiger partial charge < -0.3 is 14.7 Å². The molecule has 1 amide bonds. The average molecular weight is 341 g/mol. The van der Waals surface area contributed by atoms with Gasteiger partial charge in [-0.2, -0.15) is 13.2 Å². The van der Waals surface area contributed by atoms with Crippen molar-refractivity contribution in [1.82, 2.24) is 5.16 Å². The van der Waals surface area contributed by atoms with Gasteiger partial charge in [0.2, 0.25) is 5.91 Å². The van der Waals surface area contributed by atoms with Crippen molar-refractivity contribution in [1.29, 1.82) is 0 Å². The highest BCUT2D eigenvalue weighted by Crippen LogP contribution is 2.35. The van der Waals surface area contributed by atoms with Gasteiger partial charge in [-0.1, -0.05) is 5.16 Å². The first-order valence-corrected chi connectivity index (χ1v) is 7.19. The van der Waals surface area contributed by atoms with E-state index < -0.39 is 17.6 Å². The van der Waals surface area contributed by atoms with Crippen LogP contribution in [0.2, 0.25) is 0 Å². The number of benzene rings is 1. The lowest BCUT2D eigenvalue weighted by Crippen LogP contribution is -2.19. The SMILES string of the molecule is Cc1noc(C)c1CC(=O)Nc1cc(C(F)(F)F)ccc1N(C)C. The summed E-state index contributed by atoms with van der Waals surface area (Å²) in [6.45, 7) is 3.38. The Labute approximate surface area is 137 Å². The number of carbonyl (C=O) groups excluding carboxylic acids is 1. The number of aromatic nitrogens is 1. The van der Waals surface area contributed by atoms with Crippen molar-refractivity contribution in [2.45, 2.75) is 26.4 Å². The maximum absolute atomic E-state index is 12.9. The van der Waals surface area contributed by atoms with Crippen LogP contribution in [-0.4, -0.2) is 25.2 Å². The third-order valence-corrected chi connectivity index (χ3v) is 3.60. The molecule has 1 N–H and O–H groups in total. The summed E-state index contributed by atoms with van der Waals surface area (Å²) in [5.74, 6) is 0.0753. The highest BCUT2D eigenvalue weighted by molar-refractivity contribution is 5.95. The second kappa shape index (κ2) is 6.54. The quantitative estimate of drug-likeness (QED) is 0.924. The van der Waals surface area contributed by atoms with Crippen molar-refractivity contribution in [2.75, 3.05) is 24.3 Å². The van der Waals surface area contributed by atoms with Crippen LogP contribution >= 0.6 is 0 Å². The fraction of sp³-hybridized carbons (Fsp3) is 0.375. The lowest BCUT2D eigenvalue weighted by atomic mass is 10.1. The normalized spacial score (nSPS) is 11.5. The van der Waals surface area contributed by atoms with E-state index in [9.17, 15) is 18.0 Å². The Morgan fingerprint density at radius 1 is 1.29 bits per heavy atom. The number of nitrogens with one attached hydrogen (secondary N) is 1. The third kappa shape index (κ3) is 3.87. The van der Waals surface area contributed by atoms with Crippen LogP contribution in [0.3, 0.4) is 0 Å². The molecule has 0 bridgehead atoms. The molecule has 1 aromatic carbocycles. The fourth-order valence-corrected chi connectivity index (χ4v) is 2.31. The first-order chi connectivity index (χ1) is 11.1. The van der Waals surface area contributed by atoms with E-state index in [-0.39, 0.29) is 12.1 Å². The van der Waals surface area contributed by atoms with E-state index in [1.54, 1.807) is 32.8 Å². The Kier molecular flexibility index (Phi) is 4.86. The topological polar surface area (TPSA) is 58.4 Å². The minimum atomic E-state index is -4.48. The minimum absolute atomic E-state index is 0.0235. The molecule has 0 aliphatic carbocycles. The first kappa shape index (κ1) is 17.8. The maximum Gasteiger partial charge on any atom is 0.416 e.